The number of benzene rings is 1. The monoisotopic (exact) mass is 217 g/mol. The highest BCUT2D eigenvalue weighted by Crippen LogP contribution is 2.20. The number of fused-ring (bicyclic) bond motifs is 1. The van der Waals surface area contributed by atoms with Crippen LogP contribution in [0.25, 0.3) is 11.0 Å². The first-order valence-corrected chi connectivity index (χ1v) is 5.76. The number of rotatable bonds is 3. The van der Waals surface area contributed by atoms with Crippen LogP contribution < -0.4 is 5.32 Å². The van der Waals surface area contributed by atoms with E-state index in [0.717, 1.165) is 18.5 Å². The van der Waals surface area contributed by atoms with E-state index in [4.69, 9.17) is 4.42 Å². The lowest BCUT2D eigenvalue weighted by Gasteiger charge is -2.20. The van der Waals surface area contributed by atoms with Gasteiger partial charge in [0.1, 0.15) is 5.58 Å². The molecule has 0 amide bonds. The molecule has 0 fully saturated rings. The van der Waals surface area contributed by atoms with E-state index in [1.165, 1.54) is 10.9 Å². The Labute approximate surface area is 96.6 Å². The second kappa shape index (κ2) is 4.30. The average molecular weight is 217 g/mol. The van der Waals surface area contributed by atoms with Crippen molar-refractivity contribution < 1.29 is 4.42 Å². The summed E-state index contributed by atoms with van der Waals surface area (Å²) >= 11 is 0. The quantitative estimate of drug-likeness (QED) is 0.852. The fourth-order valence-corrected chi connectivity index (χ4v) is 1.80. The topological polar surface area (TPSA) is 25.2 Å². The van der Waals surface area contributed by atoms with Gasteiger partial charge in [0.25, 0.3) is 0 Å². The molecule has 0 aliphatic carbocycles. The molecule has 16 heavy (non-hydrogen) atoms. The fraction of sp³-hybridized carbons (Fsp3) is 0.429. The van der Waals surface area contributed by atoms with Gasteiger partial charge < -0.3 is 9.73 Å². The molecule has 1 aromatic heterocycles. The first-order chi connectivity index (χ1) is 7.56. The minimum Gasteiger partial charge on any atom is -0.464 e. The zero-order valence-corrected chi connectivity index (χ0v) is 10.2. The molecule has 1 aromatic carbocycles. The number of furan rings is 1. The standard InChI is InChI=1S/C14H19NO/c1-14(2,3)15-9-8-11-10-16-13-7-5-4-6-12(11)13/h4-7,10,15H,8-9H2,1-3H3. The molecule has 1 heterocycles. The van der Waals surface area contributed by atoms with E-state index in [2.05, 4.69) is 38.2 Å². The summed E-state index contributed by atoms with van der Waals surface area (Å²) in [6.45, 7) is 7.52. The van der Waals surface area contributed by atoms with Crippen molar-refractivity contribution >= 4 is 11.0 Å². The Hall–Kier alpha value is -1.28. The van der Waals surface area contributed by atoms with Crippen molar-refractivity contribution in [2.45, 2.75) is 32.7 Å². The number of nitrogens with one attached hydrogen (secondary N) is 1. The highest BCUT2D eigenvalue weighted by molar-refractivity contribution is 5.80. The van der Waals surface area contributed by atoms with Gasteiger partial charge >= 0.3 is 0 Å². The van der Waals surface area contributed by atoms with Crippen LogP contribution in [0.5, 0.6) is 0 Å². The van der Waals surface area contributed by atoms with Crippen molar-refractivity contribution in [3.63, 3.8) is 0 Å². The minimum atomic E-state index is 0.180. The van der Waals surface area contributed by atoms with Crippen LogP contribution in [0.1, 0.15) is 26.3 Å². The molecule has 0 aliphatic rings. The third-order valence-electron chi connectivity index (χ3n) is 2.61. The van der Waals surface area contributed by atoms with Crippen LogP contribution in [0.3, 0.4) is 0 Å². The summed E-state index contributed by atoms with van der Waals surface area (Å²) in [5.41, 5.74) is 2.44. The lowest BCUT2D eigenvalue weighted by molar-refractivity contribution is 0.429. The molecule has 0 radical (unpaired) electrons. The van der Waals surface area contributed by atoms with Crippen molar-refractivity contribution in [1.29, 1.82) is 0 Å². The van der Waals surface area contributed by atoms with Gasteiger partial charge in [-0.15, -0.1) is 0 Å². The van der Waals surface area contributed by atoms with Crippen molar-refractivity contribution in [2.24, 2.45) is 0 Å². The van der Waals surface area contributed by atoms with E-state index in [9.17, 15) is 0 Å². The van der Waals surface area contributed by atoms with E-state index in [0.29, 0.717) is 0 Å². The van der Waals surface area contributed by atoms with E-state index in [-0.39, 0.29) is 5.54 Å². The molecule has 0 saturated carbocycles. The normalized spacial score (nSPS) is 12.2. The van der Waals surface area contributed by atoms with Gasteiger partial charge in [-0.2, -0.15) is 0 Å². The lowest BCUT2D eigenvalue weighted by Crippen LogP contribution is -2.37. The van der Waals surface area contributed by atoms with E-state index >= 15 is 0 Å². The Morgan fingerprint density at radius 1 is 1.19 bits per heavy atom. The summed E-state index contributed by atoms with van der Waals surface area (Å²) in [6.07, 6.45) is 2.88. The summed E-state index contributed by atoms with van der Waals surface area (Å²) in [4.78, 5) is 0. The Morgan fingerprint density at radius 2 is 1.94 bits per heavy atom. The molecule has 2 rings (SSSR count). The summed E-state index contributed by atoms with van der Waals surface area (Å²) in [5, 5.41) is 4.72. The maximum absolute atomic E-state index is 5.50. The van der Waals surface area contributed by atoms with Crippen LogP contribution in [0.4, 0.5) is 0 Å². The Morgan fingerprint density at radius 3 is 2.69 bits per heavy atom. The van der Waals surface area contributed by atoms with Crippen LogP contribution in [-0.2, 0) is 6.42 Å². The van der Waals surface area contributed by atoms with Crippen LogP contribution in [0.2, 0.25) is 0 Å². The molecule has 0 spiro atoms. The Bertz CT molecular complexity index is 465. The highest BCUT2D eigenvalue weighted by Gasteiger charge is 2.09. The summed E-state index contributed by atoms with van der Waals surface area (Å²) in [7, 11) is 0. The Balaban J connectivity index is 2.05. The molecule has 0 saturated heterocycles. The predicted octanol–water partition coefficient (Wildman–Crippen LogP) is 3.36. The van der Waals surface area contributed by atoms with Crippen LogP contribution in [-0.4, -0.2) is 12.1 Å². The van der Waals surface area contributed by atoms with Crippen molar-refractivity contribution in [2.75, 3.05) is 6.54 Å². The number of para-hydroxylation sites is 1. The zero-order chi connectivity index (χ0) is 11.6. The van der Waals surface area contributed by atoms with Crippen molar-refractivity contribution in [3.05, 3.63) is 36.1 Å². The highest BCUT2D eigenvalue weighted by atomic mass is 16.3. The van der Waals surface area contributed by atoms with Crippen LogP contribution in [0, 0.1) is 0 Å². The first-order valence-electron chi connectivity index (χ1n) is 5.76. The van der Waals surface area contributed by atoms with Gasteiger partial charge in [0.05, 0.1) is 6.26 Å². The first kappa shape index (κ1) is 11.2. The molecule has 1 N–H and O–H groups in total. The summed E-state index contributed by atoms with van der Waals surface area (Å²) in [6, 6.07) is 8.18. The third kappa shape index (κ3) is 2.64. The summed E-state index contributed by atoms with van der Waals surface area (Å²) < 4.78 is 5.50. The SMILES string of the molecule is CC(C)(C)NCCc1coc2ccccc12. The molecular weight excluding hydrogens is 198 g/mol. The minimum absolute atomic E-state index is 0.180. The van der Waals surface area contributed by atoms with Gasteiger partial charge in [-0.05, 0) is 45.4 Å². The second-order valence-corrected chi connectivity index (χ2v) is 5.18. The molecule has 0 bridgehead atoms. The second-order valence-electron chi connectivity index (χ2n) is 5.18. The smallest absolute Gasteiger partial charge is 0.134 e. The van der Waals surface area contributed by atoms with Gasteiger partial charge in [0, 0.05) is 10.9 Å². The van der Waals surface area contributed by atoms with Gasteiger partial charge in [-0.1, -0.05) is 18.2 Å². The molecule has 2 nitrogen and oxygen atoms in total. The molecule has 0 unspecified atom stereocenters. The largest absolute Gasteiger partial charge is 0.464 e. The molecule has 0 aliphatic heterocycles. The third-order valence-corrected chi connectivity index (χ3v) is 2.61. The molecule has 2 heteroatoms. The Kier molecular flexibility index (Phi) is 3.01. The van der Waals surface area contributed by atoms with Crippen molar-refractivity contribution in [1.82, 2.24) is 5.32 Å². The summed E-state index contributed by atoms with van der Waals surface area (Å²) in [5.74, 6) is 0. The van der Waals surface area contributed by atoms with E-state index in [1.54, 1.807) is 0 Å². The number of hydrogen-bond donors (Lipinski definition) is 1. The maximum Gasteiger partial charge on any atom is 0.134 e. The fourth-order valence-electron chi connectivity index (χ4n) is 1.80. The van der Waals surface area contributed by atoms with Crippen LogP contribution in [0.15, 0.2) is 34.9 Å². The molecule has 86 valence electrons. The van der Waals surface area contributed by atoms with Gasteiger partial charge in [-0.25, -0.2) is 0 Å². The maximum atomic E-state index is 5.50. The molecule has 0 atom stereocenters. The zero-order valence-electron chi connectivity index (χ0n) is 10.2. The van der Waals surface area contributed by atoms with Crippen molar-refractivity contribution in [3.8, 4) is 0 Å². The number of hydrogen-bond acceptors (Lipinski definition) is 2. The van der Waals surface area contributed by atoms with Gasteiger partial charge in [-0.3, -0.25) is 0 Å². The average Bonchev–Trinajstić information content (AvgIpc) is 2.60. The van der Waals surface area contributed by atoms with Crippen LogP contribution >= 0.6 is 0 Å². The predicted molar refractivity (Wildman–Crippen MR) is 67.7 cm³/mol. The van der Waals surface area contributed by atoms with Gasteiger partial charge in [0.2, 0.25) is 0 Å². The van der Waals surface area contributed by atoms with E-state index in [1.807, 2.05) is 18.4 Å². The van der Waals surface area contributed by atoms with Gasteiger partial charge in [0.15, 0.2) is 0 Å². The van der Waals surface area contributed by atoms with E-state index < -0.39 is 0 Å². The molecular formula is C14H19NO. The lowest BCUT2D eigenvalue weighted by atomic mass is 10.1. The molecule has 2 aromatic rings.